The molecule has 96 valence electrons. The molecular formula is C13H16N2O2S. The van der Waals surface area contributed by atoms with Crippen LogP contribution in [0.25, 0.3) is 0 Å². The lowest BCUT2D eigenvalue weighted by molar-refractivity contribution is -0.131. The zero-order valence-corrected chi connectivity index (χ0v) is 11.4. The predicted molar refractivity (Wildman–Crippen MR) is 72.7 cm³/mol. The first-order valence-corrected chi connectivity index (χ1v) is 6.93. The van der Waals surface area contributed by atoms with Gasteiger partial charge in [-0.25, -0.2) is 0 Å². The van der Waals surface area contributed by atoms with Gasteiger partial charge in [0.1, 0.15) is 11.8 Å². The Hall–Kier alpha value is -1.67. The Bertz CT molecular complexity index is 443. The van der Waals surface area contributed by atoms with Crippen molar-refractivity contribution in [2.45, 2.75) is 0 Å². The summed E-state index contributed by atoms with van der Waals surface area (Å²) in [6.07, 6.45) is 2.00. The monoisotopic (exact) mass is 264 g/mol. The molecule has 0 aliphatic carbocycles. The maximum atomic E-state index is 11.7. The molecule has 0 saturated heterocycles. The number of carbonyl (C=O) groups excluding carboxylic acids is 1. The smallest absolute Gasteiger partial charge is 0.260 e. The summed E-state index contributed by atoms with van der Waals surface area (Å²) in [4.78, 5) is 13.4. The molecule has 4 nitrogen and oxygen atoms in total. The molecule has 0 fully saturated rings. The number of rotatable bonds is 6. The van der Waals surface area contributed by atoms with Crippen LogP contribution < -0.4 is 4.74 Å². The minimum absolute atomic E-state index is 0.0381. The van der Waals surface area contributed by atoms with Gasteiger partial charge in [-0.05, 0) is 18.4 Å². The van der Waals surface area contributed by atoms with Crippen molar-refractivity contribution in [3.8, 4) is 11.8 Å². The van der Waals surface area contributed by atoms with Gasteiger partial charge in [0.05, 0.1) is 5.56 Å². The molecule has 0 spiro atoms. The molecule has 0 radical (unpaired) electrons. The first-order chi connectivity index (χ1) is 8.69. The van der Waals surface area contributed by atoms with E-state index in [1.54, 1.807) is 48.0 Å². The van der Waals surface area contributed by atoms with E-state index in [9.17, 15) is 4.79 Å². The number of amides is 1. The van der Waals surface area contributed by atoms with Gasteiger partial charge in [-0.15, -0.1) is 0 Å². The van der Waals surface area contributed by atoms with Crippen molar-refractivity contribution in [2.75, 3.05) is 32.2 Å². The Morgan fingerprint density at radius 1 is 1.50 bits per heavy atom. The lowest BCUT2D eigenvalue weighted by atomic mass is 10.2. The second-order valence-corrected chi connectivity index (χ2v) is 4.69. The van der Waals surface area contributed by atoms with Gasteiger partial charge in [-0.1, -0.05) is 12.1 Å². The van der Waals surface area contributed by atoms with Crippen molar-refractivity contribution in [3.63, 3.8) is 0 Å². The van der Waals surface area contributed by atoms with E-state index < -0.39 is 0 Å². The van der Waals surface area contributed by atoms with Crippen LogP contribution in [0.3, 0.4) is 0 Å². The van der Waals surface area contributed by atoms with Crippen LogP contribution in [-0.4, -0.2) is 43.0 Å². The number of likely N-dealkylation sites (N-methyl/N-ethyl adjacent to an activating group) is 1. The highest BCUT2D eigenvalue weighted by Gasteiger charge is 2.10. The van der Waals surface area contributed by atoms with E-state index in [0.717, 1.165) is 5.75 Å². The molecule has 0 N–H and O–H groups in total. The van der Waals surface area contributed by atoms with Gasteiger partial charge < -0.3 is 9.64 Å². The summed E-state index contributed by atoms with van der Waals surface area (Å²) >= 11 is 1.69. The molecule has 1 amide bonds. The molecule has 0 atom stereocenters. The number of carbonyl (C=O) groups is 1. The molecule has 1 aromatic rings. The summed E-state index contributed by atoms with van der Waals surface area (Å²) in [6, 6.07) is 8.92. The third-order valence-corrected chi connectivity index (χ3v) is 3.01. The standard InChI is InChI=1S/C13H16N2O2S/c1-15(7-8-18-2)13(16)10-17-12-6-4-3-5-11(12)9-14/h3-6H,7-8,10H2,1-2H3. The van der Waals surface area contributed by atoms with Gasteiger partial charge in [0.25, 0.3) is 5.91 Å². The van der Waals surface area contributed by atoms with Crippen LogP contribution >= 0.6 is 11.8 Å². The number of ether oxygens (including phenoxy) is 1. The van der Waals surface area contributed by atoms with Gasteiger partial charge in [0.2, 0.25) is 0 Å². The Balaban J connectivity index is 2.50. The van der Waals surface area contributed by atoms with Crippen LogP contribution in [-0.2, 0) is 4.79 Å². The number of hydrogen-bond donors (Lipinski definition) is 0. The largest absolute Gasteiger partial charge is 0.482 e. The molecule has 0 bridgehead atoms. The molecule has 18 heavy (non-hydrogen) atoms. The SMILES string of the molecule is CSCCN(C)C(=O)COc1ccccc1C#N. The average molecular weight is 264 g/mol. The maximum Gasteiger partial charge on any atom is 0.260 e. The van der Waals surface area contributed by atoms with Crippen LogP contribution in [0.5, 0.6) is 5.75 Å². The molecule has 0 unspecified atom stereocenters. The number of thioether (sulfide) groups is 1. The third kappa shape index (κ3) is 4.30. The van der Waals surface area contributed by atoms with Crippen molar-refractivity contribution in [1.82, 2.24) is 4.90 Å². The Morgan fingerprint density at radius 2 is 2.22 bits per heavy atom. The zero-order chi connectivity index (χ0) is 13.4. The van der Waals surface area contributed by atoms with Gasteiger partial charge >= 0.3 is 0 Å². The van der Waals surface area contributed by atoms with Gasteiger partial charge in [0, 0.05) is 19.3 Å². The number of hydrogen-bond acceptors (Lipinski definition) is 4. The van der Waals surface area contributed by atoms with Crippen molar-refractivity contribution in [1.29, 1.82) is 5.26 Å². The molecule has 1 rings (SSSR count). The summed E-state index contributed by atoms with van der Waals surface area (Å²) in [5.41, 5.74) is 0.442. The molecular weight excluding hydrogens is 248 g/mol. The fourth-order valence-electron chi connectivity index (χ4n) is 1.29. The summed E-state index contributed by atoms with van der Waals surface area (Å²) in [6.45, 7) is 0.660. The number of para-hydroxylation sites is 1. The minimum Gasteiger partial charge on any atom is -0.482 e. The highest BCUT2D eigenvalue weighted by molar-refractivity contribution is 7.98. The van der Waals surface area contributed by atoms with E-state index in [0.29, 0.717) is 17.9 Å². The topological polar surface area (TPSA) is 53.3 Å². The molecule has 0 saturated carbocycles. The minimum atomic E-state index is -0.0863. The van der Waals surface area contributed by atoms with Gasteiger partial charge in [-0.3, -0.25) is 4.79 Å². The highest BCUT2D eigenvalue weighted by atomic mass is 32.2. The molecule has 0 heterocycles. The lowest BCUT2D eigenvalue weighted by Crippen LogP contribution is -2.33. The van der Waals surface area contributed by atoms with Crippen molar-refractivity contribution < 1.29 is 9.53 Å². The Morgan fingerprint density at radius 3 is 2.89 bits per heavy atom. The van der Waals surface area contributed by atoms with Crippen LogP contribution in [0.1, 0.15) is 5.56 Å². The van der Waals surface area contributed by atoms with Gasteiger partial charge in [-0.2, -0.15) is 17.0 Å². The van der Waals surface area contributed by atoms with E-state index in [1.807, 2.05) is 12.3 Å². The first kappa shape index (κ1) is 14.4. The summed E-state index contributed by atoms with van der Waals surface area (Å²) in [5, 5.41) is 8.88. The maximum absolute atomic E-state index is 11.7. The average Bonchev–Trinajstić information content (AvgIpc) is 2.42. The summed E-state index contributed by atoms with van der Waals surface area (Å²) < 4.78 is 5.37. The second kappa shape index (κ2) is 7.62. The number of nitrogens with zero attached hydrogens (tertiary/aromatic N) is 2. The number of nitriles is 1. The fraction of sp³-hybridized carbons (Fsp3) is 0.385. The number of benzene rings is 1. The van der Waals surface area contributed by atoms with E-state index in [2.05, 4.69) is 0 Å². The van der Waals surface area contributed by atoms with Crippen molar-refractivity contribution in [2.24, 2.45) is 0 Å². The fourth-order valence-corrected chi connectivity index (χ4v) is 1.74. The van der Waals surface area contributed by atoms with E-state index >= 15 is 0 Å². The zero-order valence-electron chi connectivity index (χ0n) is 10.5. The Labute approximate surface area is 112 Å². The second-order valence-electron chi connectivity index (χ2n) is 3.70. The van der Waals surface area contributed by atoms with Crippen LogP contribution in [0.15, 0.2) is 24.3 Å². The van der Waals surface area contributed by atoms with E-state index in [-0.39, 0.29) is 12.5 Å². The molecule has 0 aliphatic heterocycles. The van der Waals surface area contributed by atoms with Crippen molar-refractivity contribution in [3.05, 3.63) is 29.8 Å². The molecule has 5 heteroatoms. The van der Waals surface area contributed by atoms with E-state index in [4.69, 9.17) is 10.00 Å². The summed E-state index contributed by atoms with van der Waals surface area (Å²) in [5.74, 6) is 1.26. The van der Waals surface area contributed by atoms with Crippen LogP contribution in [0.4, 0.5) is 0 Å². The quantitative estimate of drug-likeness (QED) is 0.785. The summed E-state index contributed by atoms with van der Waals surface area (Å²) in [7, 11) is 1.75. The Kier molecular flexibility index (Phi) is 6.09. The molecule has 0 aromatic heterocycles. The molecule has 1 aromatic carbocycles. The van der Waals surface area contributed by atoms with Crippen LogP contribution in [0, 0.1) is 11.3 Å². The highest BCUT2D eigenvalue weighted by Crippen LogP contribution is 2.16. The first-order valence-electron chi connectivity index (χ1n) is 5.54. The van der Waals surface area contributed by atoms with E-state index in [1.165, 1.54) is 0 Å². The predicted octanol–water partition coefficient (Wildman–Crippen LogP) is 1.76. The lowest BCUT2D eigenvalue weighted by Gasteiger charge is -2.17. The third-order valence-electron chi connectivity index (χ3n) is 2.42. The van der Waals surface area contributed by atoms with Crippen molar-refractivity contribution >= 4 is 17.7 Å². The molecule has 0 aliphatic rings. The van der Waals surface area contributed by atoms with Gasteiger partial charge in [0.15, 0.2) is 6.61 Å². The normalized spacial score (nSPS) is 9.61. The van der Waals surface area contributed by atoms with Crippen LogP contribution in [0.2, 0.25) is 0 Å².